The van der Waals surface area contributed by atoms with Gasteiger partial charge in [-0.3, -0.25) is 4.79 Å². The Kier molecular flexibility index (Phi) is 4.94. The highest BCUT2D eigenvalue weighted by Crippen LogP contribution is 2.26. The van der Waals surface area contributed by atoms with Gasteiger partial charge in [0.25, 0.3) is 0 Å². The average Bonchev–Trinajstić information content (AvgIpc) is 2.74. The molecule has 2 aromatic rings. The van der Waals surface area contributed by atoms with E-state index in [1.807, 2.05) is 4.90 Å². The molecule has 3 rings (SSSR count). The van der Waals surface area contributed by atoms with Gasteiger partial charge in [-0.1, -0.05) is 11.6 Å². The summed E-state index contributed by atoms with van der Waals surface area (Å²) in [4.78, 5) is 29.5. The highest BCUT2D eigenvalue weighted by Gasteiger charge is 2.22. The third kappa shape index (κ3) is 4.18. The van der Waals surface area contributed by atoms with E-state index in [9.17, 15) is 9.59 Å². The molecule has 0 bridgehead atoms. The molecule has 0 atom stereocenters. The number of carbonyl (C=O) groups is 2. The summed E-state index contributed by atoms with van der Waals surface area (Å²) in [5.74, 6) is -0.0819. The van der Waals surface area contributed by atoms with E-state index in [-0.39, 0.29) is 12.5 Å². The van der Waals surface area contributed by atoms with Crippen LogP contribution < -0.4 is 5.32 Å². The molecule has 0 spiro atoms. The largest absolute Gasteiger partial charge is 0.444 e. The lowest BCUT2D eigenvalue weighted by atomic mass is 10.1. The number of fused-ring (bicyclic) bond motifs is 3. The number of hydrogen-bond acceptors (Lipinski definition) is 3. The molecule has 0 saturated heterocycles. The molecule has 1 aromatic heterocycles. The minimum atomic E-state index is -0.572. The second kappa shape index (κ2) is 7.02. The van der Waals surface area contributed by atoms with Crippen LogP contribution in [0.25, 0.3) is 10.9 Å². The molecule has 1 aliphatic heterocycles. The van der Waals surface area contributed by atoms with Gasteiger partial charge >= 0.3 is 6.09 Å². The molecule has 1 aromatic carbocycles. The van der Waals surface area contributed by atoms with Crippen LogP contribution in [0.2, 0.25) is 0 Å². The summed E-state index contributed by atoms with van der Waals surface area (Å²) in [6.07, 6.45) is 1.05. The fourth-order valence-corrected chi connectivity index (χ4v) is 3.34. The summed E-state index contributed by atoms with van der Waals surface area (Å²) < 4.78 is 5.17. The fourth-order valence-electron chi connectivity index (χ4n) is 3.34. The maximum absolute atomic E-state index is 12.5. The number of carbonyl (C=O) groups excluding carboxylic acids is 2. The lowest BCUT2D eigenvalue weighted by Gasteiger charge is -2.22. The molecule has 0 fully saturated rings. The first-order valence-corrected chi connectivity index (χ1v) is 9.07. The van der Waals surface area contributed by atoms with Crippen molar-refractivity contribution in [3.63, 3.8) is 0 Å². The van der Waals surface area contributed by atoms with Crippen LogP contribution in [0.1, 0.15) is 37.6 Å². The highest BCUT2D eigenvalue weighted by molar-refractivity contribution is 5.86. The standard InChI is InChI=1S/C20H27N3O3/c1-13-5-6-16-15(11-13)14-7-9-23(10-8-17(14)22-16)18(24)12-21-19(25)26-20(2,3)4/h5-6,11,22H,7-10,12H2,1-4H3,(H,21,25). The Balaban J connectivity index is 1.61. The zero-order valence-electron chi connectivity index (χ0n) is 15.9. The number of alkyl carbamates (subject to hydrolysis) is 1. The Morgan fingerprint density at radius 3 is 2.69 bits per heavy atom. The van der Waals surface area contributed by atoms with E-state index in [4.69, 9.17) is 4.74 Å². The number of ether oxygens (including phenoxy) is 1. The quantitative estimate of drug-likeness (QED) is 0.868. The van der Waals surface area contributed by atoms with Gasteiger partial charge in [-0.15, -0.1) is 0 Å². The van der Waals surface area contributed by atoms with Crippen LogP contribution in [0.3, 0.4) is 0 Å². The molecule has 1 aliphatic rings. The number of H-pyrrole nitrogens is 1. The molecule has 0 radical (unpaired) electrons. The van der Waals surface area contributed by atoms with Gasteiger partial charge in [0, 0.05) is 36.1 Å². The molecule has 2 N–H and O–H groups in total. The summed E-state index contributed by atoms with van der Waals surface area (Å²) in [6.45, 7) is 8.74. The predicted molar refractivity (Wildman–Crippen MR) is 101 cm³/mol. The minimum Gasteiger partial charge on any atom is -0.444 e. The van der Waals surface area contributed by atoms with E-state index in [1.165, 1.54) is 22.2 Å². The Hall–Kier alpha value is -2.50. The van der Waals surface area contributed by atoms with Crippen LogP contribution in [-0.4, -0.2) is 47.1 Å². The number of aromatic nitrogens is 1. The van der Waals surface area contributed by atoms with Crippen molar-refractivity contribution >= 4 is 22.9 Å². The lowest BCUT2D eigenvalue weighted by molar-refractivity contribution is -0.130. The molecular weight excluding hydrogens is 330 g/mol. The molecular formula is C20H27N3O3. The van der Waals surface area contributed by atoms with Gasteiger partial charge in [0.15, 0.2) is 0 Å². The van der Waals surface area contributed by atoms with Crippen molar-refractivity contribution in [2.75, 3.05) is 19.6 Å². The van der Waals surface area contributed by atoms with E-state index < -0.39 is 11.7 Å². The molecule has 140 valence electrons. The van der Waals surface area contributed by atoms with Gasteiger partial charge in [-0.25, -0.2) is 4.79 Å². The molecule has 0 unspecified atom stereocenters. The van der Waals surface area contributed by atoms with Crippen LogP contribution in [0, 0.1) is 6.92 Å². The maximum atomic E-state index is 12.5. The van der Waals surface area contributed by atoms with E-state index >= 15 is 0 Å². The maximum Gasteiger partial charge on any atom is 0.408 e. The summed E-state index contributed by atoms with van der Waals surface area (Å²) in [5.41, 5.74) is 4.34. The van der Waals surface area contributed by atoms with Gasteiger partial charge in [0.2, 0.25) is 5.91 Å². The van der Waals surface area contributed by atoms with Gasteiger partial charge in [-0.05, 0) is 51.8 Å². The summed E-state index contributed by atoms with van der Waals surface area (Å²) in [6, 6.07) is 6.43. The summed E-state index contributed by atoms with van der Waals surface area (Å²) in [7, 11) is 0. The number of rotatable bonds is 2. The first kappa shape index (κ1) is 18.3. The van der Waals surface area contributed by atoms with Crippen LogP contribution in [0.4, 0.5) is 4.79 Å². The van der Waals surface area contributed by atoms with Crippen molar-refractivity contribution in [3.05, 3.63) is 35.0 Å². The number of aryl methyl sites for hydroxylation is 1. The Morgan fingerprint density at radius 2 is 1.96 bits per heavy atom. The van der Waals surface area contributed by atoms with E-state index in [2.05, 4.69) is 35.4 Å². The minimum absolute atomic E-state index is 0.0390. The molecule has 0 saturated carbocycles. The number of aromatic amines is 1. The number of hydrogen-bond donors (Lipinski definition) is 2. The van der Waals surface area contributed by atoms with Crippen molar-refractivity contribution in [1.29, 1.82) is 0 Å². The number of nitrogens with one attached hydrogen (secondary N) is 2. The van der Waals surface area contributed by atoms with Crippen molar-refractivity contribution in [2.45, 2.75) is 46.1 Å². The topological polar surface area (TPSA) is 74.4 Å². The molecule has 6 heteroatoms. The second-order valence-electron chi connectivity index (χ2n) is 7.87. The molecule has 6 nitrogen and oxygen atoms in total. The summed E-state index contributed by atoms with van der Waals surface area (Å²) in [5, 5.41) is 3.80. The van der Waals surface area contributed by atoms with Crippen LogP contribution in [0.15, 0.2) is 18.2 Å². The normalized spacial score (nSPS) is 14.7. The molecule has 26 heavy (non-hydrogen) atoms. The van der Waals surface area contributed by atoms with Crippen LogP contribution in [0.5, 0.6) is 0 Å². The Morgan fingerprint density at radius 1 is 1.23 bits per heavy atom. The van der Waals surface area contributed by atoms with Gasteiger partial charge in [-0.2, -0.15) is 0 Å². The van der Waals surface area contributed by atoms with Crippen molar-refractivity contribution in [1.82, 2.24) is 15.2 Å². The second-order valence-corrected chi connectivity index (χ2v) is 7.87. The first-order chi connectivity index (χ1) is 12.2. The monoisotopic (exact) mass is 357 g/mol. The van der Waals surface area contributed by atoms with E-state index in [0.29, 0.717) is 13.1 Å². The number of amides is 2. The van der Waals surface area contributed by atoms with Gasteiger partial charge in [0.05, 0.1) is 0 Å². The lowest BCUT2D eigenvalue weighted by Crippen LogP contribution is -2.42. The van der Waals surface area contributed by atoms with E-state index in [0.717, 1.165) is 18.4 Å². The fraction of sp³-hybridized carbons (Fsp3) is 0.500. The Bertz CT molecular complexity index is 833. The van der Waals surface area contributed by atoms with Crippen LogP contribution in [-0.2, 0) is 22.4 Å². The molecule has 2 heterocycles. The smallest absolute Gasteiger partial charge is 0.408 e. The average molecular weight is 357 g/mol. The zero-order valence-corrected chi connectivity index (χ0v) is 15.9. The van der Waals surface area contributed by atoms with Crippen LogP contribution >= 0.6 is 0 Å². The van der Waals surface area contributed by atoms with Gasteiger partial charge < -0.3 is 19.9 Å². The predicted octanol–water partition coefficient (Wildman–Crippen LogP) is 2.93. The Labute approximate surface area is 153 Å². The SMILES string of the molecule is Cc1ccc2[nH]c3c(c2c1)CCN(C(=O)CNC(=O)OC(C)(C)C)CC3. The molecule has 0 aliphatic carbocycles. The number of benzene rings is 1. The van der Waals surface area contributed by atoms with Crippen molar-refractivity contribution in [2.24, 2.45) is 0 Å². The van der Waals surface area contributed by atoms with E-state index in [1.54, 1.807) is 20.8 Å². The highest BCUT2D eigenvalue weighted by atomic mass is 16.6. The summed E-state index contributed by atoms with van der Waals surface area (Å²) >= 11 is 0. The zero-order chi connectivity index (χ0) is 18.9. The molecule has 2 amide bonds. The number of nitrogens with zero attached hydrogens (tertiary/aromatic N) is 1. The van der Waals surface area contributed by atoms with Gasteiger partial charge in [0.1, 0.15) is 12.1 Å². The van der Waals surface area contributed by atoms with Crippen molar-refractivity contribution in [3.8, 4) is 0 Å². The third-order valence-electron chi connectivity index (χ3n) is 4.55. The third-order valence-corrected chi connectivity index (χ3v) is 4.55. The van der Waals surface area contributed by atoms with Crippen molar-refractivity contribution < 1.29 is 14.3 Å². The first-order valence-electron chi connectivity index (χ1n) is 9.07.